The summed E-state index contributed by atoms with van der Waals surface area (Å²) < 4.78 is 29.4. The molecule has 5 atom stereocenters. The van der Waals surface area contributed by atoms with Gasteiger partial charge in [-0.25, -0.2) is 0 Å². The van der Waals surface area contributed by atoms with E-state index in [4.69, 9.17) is 23.4 Å². The van der Waals surface area contributed by atoms with Gasteiger partial charge >= 0.3 is 0 Å². The molecule has 1 fully saturated rings. The van der Waals surface area contributed by atoms with E-state index in [0.29, 0.717) is 35.7 Å². The predicted molar refractivity (Wildman–Crippen MR) is 166 cm³/mol. The van der Waals surface area contributed by atoms with Crippen LogP contribution in [-0.2, 0) is 11.2 Å². The van der Waals surface area contributed by atoms with Crippen molar-refractivity contribution < 1.29 is 43.8 Å². The number of aliphatic hydroxyl groups is 3. The predicted octanol–water partition coefficient (Wildman–Crippen LogP) is 3.61. The van der Waals surface area contributed by atoms with E-state index in [0.717, 1.165) is 25.0 Å². The summed E-state index contributed by atoms with van der Waals surface area (Å²) in [5.74, 6) is 0.270. The summed E-state index contributed by atoms with van der Waals surface area (Å²) in [6.07, 6.45) is -2.99. The van der Waals surface area contributed by atoms with Crippen LogP contribution in [0, 0.1) is 0 Å². The molecule has 2 aromatic carbocycles. The van der Waals surface area contributed by atoms with Crippen LogP contribution >= 0.6 is 0 Å². The lowest BCUT2D eigenvalue weighted by molar-refractivity contribution is -0.268. The maximum absolute atomic E-state index is 14.2. The van der Waals surface area contributed by atoms with Crippen molar-refractivity contribution in [2.45, 2.75) is 70.7 Å². The van der Waals surface area contributed by atoms with Gasteiger partial charge in [0.25, 0.3) is 0 Å². The van der Waals surface area contributed by atoms with Gasteiger partial charge in [-0.15, -0.1) is 0 Å². The highest BCUT2D eigenvalue weighted by Gasteiger charge is 2.44. The molecule has 4 rings (SSSR count). The second kappa shape index (κ2) is 14.4. The molecule has 3 aromatic rings. The average Bonchev–Trinajstić information content (AvgIpc) is 2.98. The van der Waals surface area contributed by atoms with Gasteiger partial charge in [0.2, 0.25) is 17.5 Å². The summed E-state index contributed by atoms with van der Waals surface area (Å²) in [5.41, 5.74) is 1.48. The van der Waals surface area contributed by atoms with Crippen LogP contribution in [-0.4, -0.2) is 90.4 Å². The number of unbranched alkanes of at least 4 members (excludes halogenated alkanes) is 1. The minimum absolute atomic E-state index is 0.00945. The number of rotatable bonds is 12. The molecule has 0 aliphatic carbocycles. The van der Waals surface area contributed by atoms with E-state index in [-0.39, 0.29) is 28.2 Å². The number of methoxy groups -OCH3 is 1. The average molecular weight is 614 g/mol. The third-order valence-electron chi connectivity index (χ3n) is 7.53. The van der Waals surface area contributed by atoms with Gasteiger partial charge in [-0.3, -0.25) is 4.79 Å². The van der Waals surface area contributed by atoms with Crippen LogP contribution in [0.4, 0.5) is 0 Å². The quantitative estimate of drug-likeness (QED) is 0.175. The van der Waals surface area contributed by atoms with Crippen LogP contribution in [0.15, 0.2) is 51.2 Å². The number of aromatic hydroxyl groups is 1. The van der Waals surface area contributed by atoms with E-state index in [1.165, 1.54) is 20.1 Å². The molecule has 0 radical (unpaired) electrons. The zero-order chi connectivity index (χ0) is 32.1. The molecule has 1 aromatic heterocycles. The van der Waals surface area contributed by atoms with Crippen LogP contribution in [0.25, 0.3) is 22.3 Å². The highest BCUT2D eigenvalue weighted by molar-refractivity contribution is 5.91. The van der Waals surface area contributed by atoms with Crippen LogP contribution in [0.5, 0.6) is 23.0 Å². The Labute approximate surface area is 256 Å². The number of allylic oxidation sites excluding steroid dienone is 2. The highest BCUT2D eigenvalue weighted by Crippen LogP contribution is 2.41. The Bertz CT molecular complexity index is 1510. The van der Waals surface area contributed by atoms with Crippen molar-refractivity contribution in [3.63, 3.8) is 0 Å². The van der Waals surface area contributed by atoms with Gasteiger partial charge in [-0.05, 0) is 84.9 Å². The zero-order valence-corrected chi connectivity index (χ0v) is 26.1. The van der Waals surface area contributed by atoms with Gasteiger partial charge in [0.1, 0.15) is 46.5 Å². The maximum Gasteiger partial charge on any atom is 0.239 e. The minimum atomic E-state index is -1.68. The first-order chi connectivity index (χ1) is 20.9. The number of hydrogen-bond acceptors (Lipinski definition) is 11. The van der Waals surface area contributed by atoms with Crippen molar-refractivity contribution in [3.8, 4) is 34.3 Å². The van der Waals surface area contributed by atoms with Crippen LogP contribution in [0.1, 0.15) is 39.2 Å². The Morgan fingerprint density at radius 1 is 1.05 bits per heavy atom. The first-order valence-electron chi connectivity index (χ1n) is 14.7. The molecule has 0 amide bonds. The Morgan fingerprint density at radius 2 is 1.75 bits per heavy atom. The summed E-state index contributed by atoms with van der Waals surface area (Å²) >= 11 is 0. The van der Waals surface area contributed by atoms with Gasteiger partial charge in [0.05, 0.1) is 19.8 Å². The smallest absolute Gasteiger partial charge is 0.239 e. The molecule has 1 aliphatic heterocycles. The van der Waals surface area contributed by atoms with Gasteiger partial charge < -0.3 is 48.7 Å². The molecular weight excluding hydrogens is 570 g/mol. The van der Waals surface area contributed by atoms with Gasteiger partial charge in [0, 0.05) is 17.2 Å². The number of benzene rings is 2. The molecule has 0 bridgehead atoms. The van der Waals surface area contributed by atoms with E-state index in [1.807, 2.05) is 34.0 Å². The Hall–Kier alpha value is -3.61. The van der Waals surface area contributed by atoms with E-state index >= 15 is 0 Å². The third kappa shape index (κ3) is 7.36. The van der Waals surface area contributed by atoms with Gasteiger partial charge in [-0.1, -0.05) is 11.6 Å². The fraction of sp³-hybridized carbons (Fsp3) is 0.485. The maximum atomic E-state index is 14.2. The highest BCUT2D eigenvalue weighted by atomic mass is 16.7. The SMILES string of the molecule is COc1ccc(-c2oc3c(CC=C(C)C)c(OCCCCN(C)C)cc(O)c3c(=O)c2O[C@H]2O[C@H](C)[C@@H](O)[C@H](O)[C@@H]2O)cc1. The van der Waals surface area contributed by atoms with Gasteiger partial charge in [-0.2, -0.15) is 0 Å². The molecule has 1 saturated heterocycles. The lowest BCUT2D eigenvalue weighted by atomic mass is 10.00. The van der Waals surface area contributed by atoms with Crippen LogP contribution < -0.4 is 19.6 Å². The first kappa shape index (κ1) is 33.3. The van der Waals surface area contributed by atoms with Gasteiger partial charge in [0.15, 0.2) is 5.76 Å². The van der Waals surface area contributed by atoms with Crippen molar-refractivity contribution in [3.05, 3.63) is 57.8 Å². The summed E-state index contributed by atoms with van der Waals surface area (Å²) in [6.45, 7) is 6.73. The molecule has 11 nitrogen and oxygen atoms in total. The van der Waals surface area contributed by atoms with Crippen LogP contribution in [0.3, 0.4) is 0 Å². The molecule has 0 unspecified atom stereocenters. The summed E-state index contributed by atoms with van der Waals surface area (Å²) in [5, 5.41) is 42.2. The normalized spacial score (nSPS) is 21.8. The lowest BCUT2D eigenvalue weighted by Gasteiger charge is -2.38. The standard InChI is InChI=1S/C33H43NO10/c1-18(2)9-14-22-24(41-16-8-7-15-34(4)5)17-23(35)25-27(37)32(44-33-29(39)28(38)26(36)19(3)42-33)30(43-31(22)25)20-10-12-21(40-6)13-11-20/h9-13,17,19,26,28-29,33,35-36,38-39H,7-8,14-16H2,1-6H3/t19-,26-,28+,29+,33-/m1/s1. The number of nitrogens with zero attached hydrogens (tertiary/aromatic N) is 1. The third-order valence-corrected chi connectivity index (χ3v) is 7.53. The molecule has 2 heterocycles. The second-order valence-corrected chi connectivity index (χ2v) is 11.5. The van der Waals surface area contributed by atoms with Crippen LogP contribution in [0.2, 0.25) is 0 Å². The summed E-state index contributed by atoms with van der Waals surface area (Å²) in [4.78, 5) is 16.3. The number of phenolic OH excluding ortho intramolecular Hbond substituents is 1. The Balaban J connectivity index is 1.89. The number of hydrogen-bond donors (Lipinski definition) is 4. The van der Waals surface area contributed by atoms with Crippen molar-refractivity contribution in [2.24, 2.45) is 0 Å². The largest absolute Gasteiger partial charge is 0.507 e. The molecule has 11 heteroatoms. The topological polar surface area (TPSA) is 151 Å². The van der Waals surface area contributed by atoms with Crippen molar-refractivity contribution in [1.29, 1.82) is 0 Å². The second-order valence-electron chi connectivity index (χ2n) is 11.5. The van der Waals surface area contributed by atoms with Crippen molar-refractivity contribution >= 4 is 11.0 Å². The first-order valence-corrected chi connectivity index (χ1v) is 14.7. The molecule has 240 valence electrons. The molecule has 4 N–H and O–H groups in total. The minimum Gasteiger partial charge on any atom is -0.507 e. The number of fused-ring (bicyclic) bond motifs is 1. The van der Waals surface area contributed by atoms with E-state index < -0.39 is 36.1 Å². The Kier molecular flexibility index (Phi) is 10.9. The summed E-state index contributed by atoms with van der Waals surface area (Å²) in [7, 11) is 5.54. The summed E-state index contributed by atoms with van der Waals surface area (Å²) in [6, 6.07) is 8.13. The van der Waals surface area contributed by atoms with E-state index in [9.17, 15) is 25.2 Å². The zero-order valence-electron chi connectivity index (χ0n) is 26.1. The van der Waals surface area contributed by atoms with Crippen molar-refractivity contribution in [1.82, 2.24) is 4.90 Å². The fourth-order valence-corrected chi connectivity index (χ4v) is 4.97. The number of ether oxygens (including phenoxy) is 4. The fourth-order valence-electron chi connectivity index (χ4n) is 4.97. The lowest BCUT2D eigenvalue weighted by Crippen LogP contribution is -2.58. The van der Waals surface area contributed by atoms with E-state index in [2.05, 4.69) is 4.90 Å². The molecule has 0 saturated carbocycles. The molecular formula is C33H43NO10. The number of aliphatic hydroxyl groups excluding tert-OH is 3. The molecule has 0 spiro atoms. The molecule has 44 heavy (non-hydrogen) atoms. The Morgan fingerprint density at radius 3 is 2.39 bits per heavy atom. The van der Waals surface area contributed by atoms with E-state index in [1.54, 1.807) is 24.3 Å². The van der Waals surface area contributed by atoms with Crippen molar-refractivity contribution in [2.75, 3.05) is 34.4 Å². The monoisotopic (exact) mass is 613 g/mol. The number of phenols is 1. The molecule has 1 aliphatic rings.